The van der Waals surface area contributed by atoms with Gasteiger partial charge in [0.2, 0.25) is 6.79 Å². The van der Waals surface area contributed by atoms with E-state index in [1.807, 2.05) is 6.07 Å². The molecule has 1 heterocycles. The fourth-order valence-electron chi connectivity index (χ4n) is 2.36. The Labute approximate surface area is 153 Å². The molecular formula is C17H15ClN2O6. The van der Waals surface area contributed by atoms with Crippen molar-refractivity contribution >= 4 is 23.2 Å². The van der Waals surface area contributed by atoms with Gasteiger partial charge in [0.05, 0.1) is 4.92 Å². The monoisotopic (exact) mass is 378 g/mol. The third-order valence-corrected chi connectivity index (χ3v) is 3.93. The Bertz CT molecular complexity index is 857. The Morgan fingerprint density at radius 2 is 2.08 bits per heavy atom. The zero-order valence-electron chi connectivity index (χ0n) is 13.7. The number of fused-ring (bicyclic) bond motifs is 1. The number of nitro groups is 1. The average molecular weight is 379 g/mol. The van der Waals surface area contributed by atoms with Crippen molar-refractivity contribution in [1.82, 2.24) is 5.32 Å². The van der Waals surface area contributed by atoms with Gasteiger partial charge < -0.3 is 19.5 Å². The number of nitro benzene ring substituents is 1. The fraction of sp³-hybridized carbons (Fsp3) is 0.235. The Hall–Kier alpha value is -3.00. The number of ether oxygens (including phenoxy) is 3. The Morgan fingerprint density at radius 3 is 2.85 bits per heavy atom. The Kier molecular flexibility index (Phi) is 5.13. The SMILES string of the molecule is C[C@@H](Oc1ccc(Cl)cc1[N+](=O)[O-])C(=O)NCc1ccc2c(c1)OCO2. The van der Waals surface area contributed by atoms with Crippen molar-refractivity contribution in [3.63, 3.8) is 0 Å². The minimum Gasteiger partial charge on any atom is -0.474 e. The highest BCUT2D eigenvalue weighted by Crippen LogP contribution is 2.32. The number of nitrogens with zero attached hydrogens (tertiary/aromatic N) is 1. The highest BCUT2D eigenvalue weighted by atomic mass is 35.5. The van der Waals surface area contributed by atoms with Crippen molar-refractivity contribution in [2.24, 2.45) is 0 Å². The molecule has 9 heteroatoms. The third-order valence-electron chi connectivity index (χ3n) is 3.69. The van der Waals surface area contributed by atoms with Crippen molar-refractivity contribution in [3.05, 3.63) is 57.1 Å². The van der Waals surface area contributed by atoms with Crippen LogP contribution in [0.15, 0.2) is 36.4 Å². The molecule has 1 N–H and O–H groups in total. The lowest BCUT2D eigenvalue weighted by atomic mass is 10.2. The summed E-state index contributed by atoms with van der Waals surface area (Å²) in [6, 6.07) is 9.35. The van der Waals surface area contributed by atoms with E-state index in [1.54, 1.807) is 12.1 Å². The number of carbonyl (C=O) groups is 1. The maximum atomic E-state index is 12.2. The number of hydrogen-bond acceptors (Lipinski definition) is 6. The summed E-state index contributed by atoms with van der Waals surface area (Å²) in [6.07, 6.45) is -0.927. The molecule has 26 heavy (non-hydrogen) atoms. The molecule has 0 bridgehead atoms. The summed E-state index contributed by atoms with van der Waals surface area (Å²) < 4.78 is 15.9. The minimum atomic E-state index is -0.927. The second-order valence-corrected chi connectivity index (χ2v) is 5.97. The molecule has 136 valence electrons. The molecule has 0 aliphatic carbocycles. The lowest BCUT2D eigenvalue weighted by Gasteiger charge is -2.15. The Morgan fingerprint density at radius 1 is 1.31 bits per heavy atom. The van der Waals surface area contributed by atoms with Crippen molar-refractivity contribution in [3.8, 4) is 17.2 Å². The van der Waals surface area contributed by atoms with E-state index >= 15 is 0 Å². The number of hydrogen-bond donors (Lipinski definition) is 1. The van der Waals surface area contributed by atoms with E-state index in [2.05, 4.69) is 5.32 Å². The largest absolute Gasteiger partial charge is 0.474 e. The summed E-state index contributed by atoms with van der Waals surface area (Å²) >= 11 is 5.76. The van der Waals surface area contributed by atoms with Gasteiger partial charge in [0.25, 0.3) is 5.91 Å². The van der Waals surface area contributed by atoms with Crippen molar-refractivity contribution in [1.29, 1.82) is 0 Å². The van der Waals surface area contributed by atoms with Gasteiger partial charge in [-0.25, -0.2) is 0 Å². The van der Waals surface area contributed by atoms with E-state index in [-0.39, 0.29) is 29.8 Å². The molecule has 1 amide bonds. The number of carbonyl (C=O) groups excluding carboxylic acids is 1. The highest BCUT2D eigenvalue weighted by molar-refractivity contribution is 6.30. The van der Waals surface area contributed by atoms with Crippen molar-refractivity contribution in [2.45, 2.75) is 19.6 Å². The lowest BCUT2D eigenvalue weighted by Crippen LogP contribution is -2.36. The maximum absolute atomic E-state index is 12.2. The highest BCUT2D eigenvalue weighted by Gasteiger charge is 2.22. The quantitative estimate of drug-likeness (QED) is 0.612. The summed E-state index contributed by atoms with van der Waals surface area (Å²) in [7, 11) is 0. The zero-order chi connectivity index (χ0) is 18.7. The van der Waals surface area contributed by atoms with Crippen LogP contribution in [0.1, 0.15) is 12.5 Å². The number of benzene rings is 2. The number of nitrogens with one attached hydrogen (secondary N) is 1. The fourth-order valence-corrected chi connectivity index (χ4v) is 2.53. The van der Waals surface area contributed by atoms with E-state index in [0.717, 1.165) is 5.56 Å². The first-order chi connectivity index (χ1) is 12.4. The molecule has 0 radical (unpaired) electrons. The average Bonchev–Trinajstić information content (AvgIpc) is 3.08. The molecular weight excluding hydrogens is 364 g/mol. The predicted octanol–water partition coefficient (Wildman–Crippen LogP) is 3.06. The van der Waals surface area contributed by atoms with E-state index in [4.69, 9.17) is 25.8 Å². The van der Waals surface area contributed by atoms with Gasteiger partial charge in [-0.3, -0.25) is 14.9 Å². The molecule has 0 spiro atoms. The summed E-state index contributed by atoms with van der Waals surface area (Å²) in [5.74, 6) is 0.849. The first kappa shape index (κ1) is 17.8. The topological polar surface area (TPSA) is 99.9 Å². The van der Waals surface area contributed by atoms with Gasteiger partial charge in [0.15, 0.2) is 23.4 Å². The van der Waals surface area contributed by atoms with Crippen LogP contribution in [-0.4, -0.2) is 23.7 Å². The molecule has 0 saturated heterocycles. The molecule has 1 atom stereocenters. The molecule has 2 aromatic carbocycles. The van der Waals surface area contributed by atoms with E-state index in [9.17, 15) is 14.9 Å². The molecule has 0 aromatic heterocycles. The minimum absolute atomic E-state index is 0.0230. The van der Waals surface area contributed by atoms with Crippen molar-refractivity contribution in [2.75, 3.05) is 6.79 Å². The van der Waals surface area contributed by atoms with Crippen molar-refractivity contribution < 1.29 is 23.9 Å². The van der Waals surface area contributed by atoms with Gasteiger partial charge in [0.1, 0.15) is 0 Å². The summed E-state index contributed by atoms with van der Waals surface area (Å²) in [6.45, 7) is 1.94. The summed E-state index contributed by atoms with van der Waals surface area (Å²) in [5, 5.41) is 14.0. The van der Waals surface area contributed by atoms with Crippen LogP contribution in [0.3, 0.4) is 0 Å². The van der Waals surface area contributed by atoms with Crippen LogP contribution in [-0.2, 0) is 11.3 Å². The molecule has 1 aliphatic heterocycles. The Balaban J connectivity index is 1.61. The number of halogens is 1. The molecule has 3 rings (SSSR count). The zero-order valence-corrected chi connectivity index (χ0v) is 14.5. The molecule has 8 nitrogen and oxygen atoms in total. The van der Waals surface area contributed by atoms with E-state index < -0.39 is 16.9 Å². The molecule has 2 aromatic rings. The standard InChI is InChI=1S/C17H15ClN2O6/c1-10(26-14-5-3-12(18)7-13(14)20(22)23)17(21)19-8-11-2-4-15-16(6-11)25-9-24-15/h2-7,10H,8-9H2,1H3,(H,19,21)/t10-/m1/s1. The third kappa shape index (κ3) is 3.97. The smallest absolute Gasteiger partial charge is 0.312 e. The van der Waals surface area contributed by atoms with E-state index in [1.165, 1.54) is 25.1 Å². The maximum Gasteiger partial charge on any atom is 0.312 e. The lowest BCUT2D eigenvalue weighted by molar-refractivity contribution is -0.386. The first-order valence-corrected chi connectivity index (χ1v) is 8.08. The van der Waals surface area contributed by atoms with Crippen LogP contribution in [0.5, 0.6) is 17.2 Å². The van der Waals surface area contributed by atoms with Gasteiger partial charge >= 0.3 is 5.69 Å². The second kappa shape index (κ2) is 7.49. The summed E-state index contributed by atoms with van der Waals surface area (Å²) in [4.78, 5) is 22.7. The van der Waals surface area contributed by atoms with Crippen LogP contribution in [0, 0.1) is 10.1 Å². The van der Waals surface area contributed by atoms with Crippen LogP contribution in [0.25, 0.3) is 0 Å². The van der Waals surface area contributed by atoms with Crippen LogP contribution in [0.4, 0.5) is 5.69 Å². The number of amides is 1. The molecule has 0 saturated carbocycles. The van der Waals surface area contributed by atoms with Gasteiger partial charge in [-0.2, -0.15) is 0 Å². The summed E-state index contributed by atoms with van der Waals surface area (Å²) in [5.41, 5.74) is 0.528. The van der Waals surface area contributed by atoms with Gasteiger partial charge in [-0.05, 0) is 36.8 Å². The second-order valence-electron chi connectivity index (χ2n) is 5.53. The number of rotatable bonds is 6. The first-order valence-electron chi connectivity index (χ1n) is 7.71. The van der Waals surface area contributed by atoms with Gasteiger partial charge in [-0.1, -0.05) is 17.7 Å². The van der Waals surface area contributed by atoms with Gasteiger partial charge in [-0.15, -0.1) is 0 Å². The van der Waals surface area contributed by atoms with Gasteiger partial charge in [0, 0.05) is 17.6 Å². The van der Waals surface area contributed by atoms with Crippen LogP contribution >= 0.6 is 11.6 Å². The van der Waals surface area contributed by atoms with Crippen LogP contribution < -0.4 is 19.5 Å². The molecule has 0 unspecified atom stereocenters. The molecule has 1 aliphatic rings. The normalized spacial score (nSPS) is 13.2. The van der Waals surface area contributed by atoms with E-state index in [0.29, 0.717) is 11.5 Å². The van der Waals surface area contributed by atoms with Crippen LogP contribution in [0.2, 0.25) is 5.02 Å². The molecule has 0 fully saturated rings. The predicted molar refractivity (Wildman–Crippen MR) is 92.6 cm³/mol.